The van der Waals surface area contributed by atoms with Crippen LogP contribution >= 0.6 is 15.9 Å². The number of amides is 1. The van der Waals surface area contributed by atoms with Crippen molar-refractivity contribution in [1.82, 2.24) is 10.0 Å². The zero-order valence-corrected chi connectivity index (χ0v) is 17.8. The Labute approximate surface area is 177 Å². The van der Waals surface area contributed by atoms with E-state index in [0.717, 1.165) is 33.8 Å². The van der Waals surface area contributed by atoms with E-state index in [1.807, 2.05) is 54.6 Å². The van der Waals surface area contributed by atoms with Crippen LogP contribution in [0.15, 0.2) is 82.2 Å². The number of nitrogens with one attached hydrogen (secondary N) is 2. The number of hydrogen-bond acceptors (Lipinski definition) is 3. The molecule has 0 aliphatic heterocycles. The highest BCUT2D eigenvalue weighted by molar-refractivity contribution is 9.10. The topological polar surface area (TPSA) is 75.3 Å². The average molecular weight is 477 g/mol. The fraction of sp³-hybridized carbons (Fsp3) is 0.0952. The molecule has 3 aromatic carbocycles. The van der Waals surface area contributed by atoms with Crippen LogP contribution in [-0.2, 0) is 10.0 Å². The number of rotatable bonds is 6. The Hall–Kier alpha value is -2.55. The number of carbonyl (C=O) groups excluding carboxylic acids is 1. The highest BCUT2D eigenvalue weighted by Crippen LogP contribution is 2.25. The van der Waals surface area contributed by atoms with Crippen LogP contribution in [0.5, 0.6) is 0 Å². The number of carbonyl (C=O) groups is 1. The highest BCUT2D eigenvalue weighted by atomic mass is 79.9. The molecule has 0 radical (unpaired) electrons. The quantitative estimate of drug-likeness (QED) is 0.564. The summed E-state index contributed by atoms with van der Waals surface area (Å²) in [7, 11) is -2.56. The van der Waals surface area contributed by atoms with E-state index in [0.29, 0.717) is 0 Å². The summed E-state index contributed by atoms with van der Waals surface area (Å²) < 4.78 is 41.4. The Bertz CT molecular complexity index is 1120. The number of hydrogen-bond donors (Lipinski definition) is 2. The Morgan fingerprint density at radius 1 is 0.966 bits per heavy atom. The van der Waals surface area contributed by atoms with Crippen molar-refractivity contribution >= 4 is 31.9 Å². The SMILES string of the molecule is CNS(=O)(=O)c1ccc(F)c(C(=O)NC(c2ccccc2)c2ccc(Br)cc2)c1. The molecule has 0 spiro atoms. The van der Waals surface area contributed by atoms with Crippen molar-refractivity contribution in [3.8, 4) is 0 Å². The van der Waals surface area contributed by atoms with Crippen LogP contribution in [0.1, 0.15) is 27.5 Å². The second-order valence-electron chi connectivity index (χ2n) is 6.22. The Balaban J connectivity index is 1.99. The van der Waals surface area contributed by atoms with E-state index in [2.05, 4.69) is 26.0 Å². The van der Waals surface area contributed by atoms with Gasteiger partial charge in [-0.25, -0.2) is 17.5 Å². The normalized spacial score (nSPS) is 12.4. The zero-order chi connectivity index (χ0) is 21.0. The van der Waals surface area contributed by atoms with Gasteiger partial charge < -0.3 is 5.32 Å². The molecule has 2 N–H and O–H groups in total. The van der Waals surface area contributed by atoms with Crippen molar-refractivity contribution in [3.05, 3.63) is 99.8 Å². The molecule has 5 nitrogen and oxygen atoms in total. The molecule has 0 saturated heterocycles. The van der Waals surface area contributed by atoms with Crippen LogP contribution in [-0.4, -0.2) is 21.4 Å². The maximum Gasteiger partial charge on any atom is 0.255 e. The third kappa shape index (κ3) is 4.90. The Morgan fingerprint density at radius 3 is 2.21 bits per heavy atom. The van der Waals surface area contributed by atoms with E-state index < -0.39 is 27.8 Å². The summed E-state index contributed by atoms with van der Waals surface area (Å²) in [6.07, 6.45) is 0. The molecule has 1 unspecified atom stereocenters. The van der Waals surface area contributed by atoms with Crippen molar-refractivity contribution in [2.24, 2.45) is 0 Å². The van der Waals surface area contributed by atoms with Gasteiger partial charge in [-0.15, -0.1) is 0 Å². The summed E-state index contributed by atoms with van der Waals surface area (Å²) in [6, 6.07) is 19.2. The lowest BCUT2D eigenvalue weighted by Crippen LogP contribution is -2.30. The summed E-state index contributed by atoms with van der Waals surface area (Å²) in [5, 5.41) is 2.81. The molecule has 0 heterocycles. The molecule has 29 heavy (non-hydrogen) atoms. The molecule has 1 atom stereocenters. The van der Waals surface area contributed by atoms with Crippen molar-refractivity contribution in [3.63, 3.8) is 0 Å². The van der Waals surface area contributed by atoms with Gasteiger partial charge in [0.2, 0.25) is 10.0 Å². The molecule has 150 valence electrons. The van der Waals surface area contributed by atoms with Crippen molar-refractivity contribution in [2.75, 3.05) is 7.05 Å². The molecule has 0 aromatic heterocycles. The van der Waals surface area contributed by atoms with E-state index >= 15 is 0 Å². The minimum atomic E-state index is -3.81. The second-order valence-corrected chi connectivity index (χ2v) is 9.02. The predicted molar refractivity (Wildman–Crippen MR) is 113 cm³/mol. The summed E-state index contributed by atoms with van der Waals surface area (Å²) in [5.41, 5.74) is 1.26. The first-order chi connectivity index (χ1) is 13.8. The average Bonchev–Trinajstić information content (AvgIpc) is 2.73. The van der Waals surface area contributed by atoms with Crippen LogP contribution in [0, 0.1) is 5.82 Å². The van der Waals surface area contributed by atoms with Crippen LogP contribution in [0.25, 0.3) is 0 Å². The first-order valence-electron chi connectivity index (χ1n) is 8.66. The number of benzene rings is 3. The fourth-order valence-electron chi connectivity index (χ4n) is 2.83. The first kappa shape index (κ1) is 21.2. The molecule has 0 aliphatic rings. The van der Waals surface area contributed by atoms with E-state index in [-0.39, 0.29) is 10.5 Å². The van der Waals surface area contributed by atoms with E-state index in [1.54, 1.807) is 0 Å². The highest BCUT2D eigenvalue weighted by Gasteiger charge is 2.22. The Kier molecular flexibility index (Phi) is 6.46. The van der Waals surface area contributed by atoms with Crippen molar-refractivity contribution in [1.29, 1.82) is 0 Å². The molecule has 8 heteroatoms. The lowest BCUT2D eigenvalue weighted by molar-refractivity contribution is 0.0938. The fourth-order valence-corrected chi connectivity index (χ4v) is 3.85. The monoisotopic (exact) mass is 476 g/mol. The van der Waals surface area contributed by atoms with Gasteiger partial charge in [0, 0.05) is 4.47 Å². The standard InChI is InChI=1S/C21H18BrFN2O3S/c1-24-29(27,28)17-11-12-19(23)18(13-17)21(26)25-20(14-5-3-2-4-6-14)15-7-9-16(22)10-8-15/h2-13,20,24H,1H3,(H,25,26). The maximum atomic E-state index is 14.3. The third-order valence-electron chi connectivity index (χ3n) is 4.37. The summed E-state index contributed by atoms with van der Waals surface area (Å²) >= 11 is 3.38. The van der Waals surface area contributed by atoms with E-state index in [4.69, 9.17) is 0 Å². The van der Waals surface area contributed by atoms with Gasteiger partial charge in [0.15, 0.2) is 0 Å². The Morgan fingerprint density at radius 2 is 1.59 bits per heavy atom. The molecule has 1 amide bonds. The van der Waals surface area contributed by atoms with Gasteiger partial charge >= 0.3 is 0 Å². The summed E-state index contributed by atoms with van der Waals surface area (Å²) in [5.74, 6) is -1.52. The molecule has 0 saturated carbocycles. The molecule has 0 bridgehead atoms. The number of sulfonamides is 1. The van der Waals surface area contributed by atoms with E-state index in [9.17, 15) is 17.6 Å². The third-order valence-corrected chi connectivity index (χ3v) is 6.31. The molecular formula is C21H18BrFN2O3S. The lowest BCUT2D eigenvalue weighted by Gasteiger charge is -2.20. The largest absolute Gasteiger partial charge is 0.341 e. The van der Waals surface area contributed by atoms with Gasteiger partial charge in [0.05, 0.1) is 16.5 Å². The van der Waals surface area contributed by atoms with Gasteiger partial charge in [-0.2, -0.15) is 0 Å². The van der Waals surface area contributed by atoms with Crippen LogP contribution in [0.3, 0.4) is 0 Å². The lowest BCUT2D eigenvalue weighted by atomic mass is 9.98. The molecule has 3 rings (SSSR count). The van der Waals surface area contributed by atoms with Gasteiger partial charge in [-0.05, 0) is 48.5 Å². The zero-order valence-electron chi connectivity index (χ0n) is 15.4. The molecular weight excluding hydrogens is 459 g/mol. The number of halogens is 2. The van der Waals surface area contributed by atoms with Crippen molar-refractivity contribution in [2.45, 2.75) is 10.9 Å². The summed E-state index contributed by atoms with van der Waals surface area (Å²) in [4.78, 5) is 12.7. The smallest absolute Gasteiger partial charge is 0.255 e. The van der Waals surface area contributed by atoms with Crippen LogP contribution in [0.4, 0.5) is 4.39 Å². The summed E-state index contributed by atoms with van der Waals surface area (Å²) in [6.45, 7) is 0. The first-order valence-corrected chi connectivity index (χ1v) is 10.9. The molecule has 0 fully saturated rings. The van der Waals surface area contributed by atoms with Crippen LogP contribution in [0.2, 0.25) is 0 Å². The maximum absolute atomic E-state index is 14.3. The van der Waals surface area contributed by atoms with Crippen LogP contribution < -0.4 is 10.0 Å². The predicted octanol–water partition coefficient (Wildman–Crippen LogP) is 4.02. The van der Waals surface area contributed by atoms with Gasteiger partial charge in [0.25, 0.3) is 5.91 Å². The van der Waals surface area contributed by atoms with Gasteiger partial charge in [-0.3, -0.25) is 4.79 Å². The second kappa shape index (κ2) is 8.86. The minimum absolute atomic E-state index is 0.188. The van der Waals surface area contributed by atoms with E-state index in [1.165, 1.54) is 7.05 Å². The molecule has 0 aliphatic carbocycles. The van der Waals surface area contributed by atoms with Gasteiger partial charge in [-0.1, -0.05) is 58.4 Å². The van der Waals surface area contributed by atoms with Crippen molar-refractivity contribution < 1.29 is 17.6 Å². The van der Waals surface area contributed by atoms with Gasteiger partial charge in [0.1, 0.15) is 5.82 Å². The minimum Gasteiger partial charge on any atom is -0.341 e. The molecule has 3 aromatic rings.